The van der Waals surface area contributed by atoms with E-state index >= 15 is 0 Å². The second-order valence-corrected chi connectivity index (χ2v) is 3.89. The number of hydrogen-bond donors (Lipinski definition) is 0. The van der Waals surface area contributed by atoms with Gasteiger partial charge in [0.2, 0.25) is 0 Å². The number of rotatable bonds is 2. The van der Waals surface area contributed by atoms with Crippen molar-refractivity contribution in [1.82, 2.24) is 4.98 Å². The topological polar surface area (TPSA) is 12.9 Å². The van der Waals surface area contributed by atoms with Gasteiger partial charge in [0.25, 0.3) is 6.43 Å². The van der Waals surface area contributed by atoms with Crippen LogP contribution >= 0.6 is 34.2 Å². The smallest absolute Gasteiger partial charge is 0.254 e. The average Bonchev–Trinajstić information content (AvgIpc) is 2.09. The van der Waals surface area contributed by atoms with Gasteiger partial charge in [0, 0.05) is 15.6 Å². The van der Waals surface area contributed by atoms with Gasteiger partial charge in [-0.05, 0) is 40.6 Å². The molecule has 0 saturated carbocycles. The van der Waals surface area contributed by atoms with Gasteiger partial charge in [-0.15, -0.1) is 11.6 Å². The van der Waals surface area contributed by atoms with E-state index in [1.165, 1.54) is 6.20 Å². The van der Waals surface area contributed by atoms with Gasteiger partial charge in [0.05, 0.1) is 0 Å². The number of halogens is 4. The van der Waals surface area contributed by atoms with Gasteiger partial charge in [-0.3, -0.25) is 4.98 Å². The van der Waals surface area contributed by atoms with E-state index < -0.39 is 6.43 Å². The van der Waals surface area contributed by atoms with Crippen molar-refractivity contribution in [3.63, 3.8) is 0 Å². The van der Waals surface area contributed by atoms with Crippen LogP contribution in [-0.2, 0) is 5.88 Å². The first-order valence-corrected chi connectivity index (χ1v) is 5.17. The summed E-state index contributed by atoms with van der Waals surface area (Å²) in [7, 11) is 0. The van der Waals surface area contributed by atoms with Crippen LogP contribution in [0.3, 0.4) is 0 Å². The van der Waals surface area contributed by atoms with Gasteiger partial charge < -0.3 is 0 Å². The molecule has 1 aromatic heterocycles. The molecule has 1 rings (SSSR count). The summed E-state index contributed by atoms with van der Waals surface area (Å²) >= 11 is 7.47. The minimum absolute atomic E-state index is 0.160. The Morgan fingerprint density at radius 2 is 2.23 bits per heavy atom. The summed E-state index contributed by atoms with van der Waals surface area (Å²) in [5.74, 6) is 0.304. The number of nitrogens with zero attached hydrogens (tertiary/aromatic N) is 1. The largest absolute Gasteiger partial charge is 0.281 e. The molecule has 13 heavy (non-hydrogen) atoms. The lowest BCUT2D eigenvalue weighted by Crippen LogP contribution is -2.00. The zero-order chi connectivity index (χ0) is 10.0. The second-order valence-electron chi connectivity index (χ2n) is 2.54. The molecule has 0 fully saturated rings. The summed E-state index contributed by atoms with van der Waals surface area (Å²) in [6.07, 6.45) is -1.11. The van der Waals surface area contributed by atoms with E-state index in [4.69, 9.17) is 11.6 Å². The lowest BCUT2D eigenvalue weighted by molar-refractivity contribution is 0.145. The zero-order valence-corrected chi connectivity index (χ0v) is 9.73. The third-order valence-electron chi connectivity index (χ3n) is 1.75. The van der Waals surface area contributed by atoms with Gasteiger partial charge in [0.1, 0.15) is 5.69 Å². The van der Waals surface area contributed by atoms with Crippen LogP contribution in [0.5, 0.6) is 0 Å². The molecule has 0 saturated heterocycles. The predicted octanol–water partition coefficient (Wildman–Crippen LogP) is 3.67. The van der Waals surface area contributed by atoms with Crippen molar-refractivity contribution >= 4 is 34.2 Å². The molecule has 1 nitrogen and oxygen atoms in total. The molecule has 5 heteroatoms. The fraction of sp³-hybridized carbons (Fsp3) is 0.375. The number of pyridine rings is 1. The highest BCUT2D eigenvalue weighted by molar-refractivity contribution is 14.1. The fourth-order valence-electron chi connectivity index (χ4n) is 0.921. The maximum absolute atomic E-state index is 12.3. The number of alkyl halides is 3. The van der Waals surface area contributed by atoms with E-state index in [1.54, 1.807) is 6.92 Å². The maximum Gasteiger partial charge on any atom is 0.281 e. The quantitative estimate of drug-likeness (QED) is 0.599. The molecule has 0 atom stereocenters. The minimum atomic E-state index is -2.52. The molecule has 0 aliphatic carbocycles. The van der Waals surface area contributed by atoms with E-state index in [1.807, 2.05) is 22.6 Å². The van der Waals surface area contributed by atoms with Crippen LogP contribution in [0.1, 0.15) is 23.2 Å². The lowest BCUT2D eigenvalue weighted by Gasteiger charge is -2.08. The molecule has 1 aromatic rings. The van der Waals surface area contributed by atoms with E-state index in [9.17, 15) is 8.78 Å². The van der Waals surface area contributed by atoms with Crippen molar-refractivity contribution in [3.05, 3.63) is 26.6 Å². The molecular weight excluding hydrogens is 310 g/mol. The molecular formula is C8H7ClF2IN. The normalized spacial score (nSPS) is 10.9. The van der Waals surface area contributed by atoms with E-state index in [-0.39, 0.29) is 5.69 Å². The first-order chi connectivity index (χ1) is 6.07. The van der Waals surface area contributed by atoms with Crippen molar-refractivity contribution in [2.45, 2.75) is 19.2 Å². The molecule has 1 heterocycles. The first kappa shape index (κ1) is 11.1. The van der Waals surface area contributed by atoms with Crippen LogP contribution < -0.4 is 0 Å². The second kappa shape index (κ2) is 4.50. The summed E-state index contributed by atoms with van der Waals surface area (Å²) in [6.45, 7) is 1.77. The Morgan fingerprint density at radius 3 is 2.69 bits per heavy atom. The zero-order valence-electron chi connectivity index (χ0n) is 6.82. The Hall–Kier alpha value is 0.0300. The van der Waals surface area contributed by atoms with Crippen LogP contribution in [-0.4, -0.2) is 4.98 Å². The van der Waals surface area contributed by atoms with Crippen LogP contribution in [0.4, 0.5) is 8.78 Å². The Kier molecular flexibility index (Phi) is 3.85. The summed E-state index contributed by atoms with van der Waals surface area (Å²) in [4.78, 5) is 3.67. The highest BCUT2D eigenvalue weighted by Gasteiger charge is 2.16. The Bertz CT molecular complexity index is 317. The average molecular weight is 318 g/mol. The lowest BCUT2D eigenvalue weighted by atomic mass is 10.1. The molecule has 0 unspecified atom stereocenters. The molecule has 0 aliphatic heterocycles. The maximum atomic E-state index is 12.3. The van der Waals surface area contributed by atoms with Crippen LogP contribution in [0.2, 0.25) is 0 Å². The molecule has 0 N–H and O–H groups in total. The van der Waals surface area contributed by atoms with E-state index in [0.29, 0.717) is 9.45 Å². The summed E-state index contributed by atoms with van der Waals surface area (Å²) < 4.78 is 25.2. The molecule has 0 aromatic carbocycles. The monoisotopic (exact) mass is 317 g/mol. The summed E-state index contributed by atoms with van der Waals surface area (Å²) in [6, 6.07) is 0. The highest BCUT2D eigenvalue weighted by Crippen LogP contribution is 2.26. The molecule has 0 aliphatic rings. The third-order valence-corrected chi connectivity index (χ3v) is 3.40. The highest BCUT2D eigenvalue weighted by atomic mass is 127. The number of aromatic nitrogens is 1. The minimum Gasteiger partial charge on any atom is -0.254 e. The van der Waals surface area contributed by atoms with Gasteiger partial charge in [0.15, 0.2) is 0 Å². The van der Waals surface area contributed by atoms with Gasteiger partial charge in [-0.2, -0.15) is 0 Å². The third kappa shape index (κ3) is 2.28. The van der Waals surface area contributed by atoms with Crippen LogP contribution in [0.25, 0.3) is 0 Å². The van der Waals surface area contributed by atoms with Crippen molar-refractivity contribution in [3.8, 4) is 0 Å². The van der Waals surface area contributed by atoms with Crippen molar-refractivity contribution in [2.24, 2.45) is 0 Å². The fourth-order valence-corrected chi connectivity index (χ4v) is 1.91. The Labute approximate surface area is 93.6 Å². The first-order valence-electron chi connectivity index (χ1n) is 3.56. The molecule has 72 valence electrons. The molecule has 0 amide bonds. The standard InChI is InChI=1S/C8H7ClF2IN/c1-4-5(2-9)3-13-7(6(4)12)8(10)11/h3,8H,2H2,1H3. The van der Waals surface area contributed by atoms with Crippen molar-refractivity contribution < 1.29 is 8.78 Å². The van der Waals surface area contributed by atoms with Gasteiger partial charge in [-0.1, -0.05) is 0 Å². The molecule has 0 radical (unpaired) electrons. The van der Waals surface area contributed by atoms with Crippen LogP contribution in [0, 0.1) is 10.5 Å². The van der Waals surface area contributed by atoms with E-state index in [0.717, 1.165) is 11.1 Å². The van der Waals surface area contributed by atoms with Gasteiger partial charge in [-0.25, -0.2) is 8.78 Å². The van der Waals surface area contributed by atoms with E-state index in [2.05, 4.69) is 4.98 Å². The van der Waals surface area contributed by atoms with Gasteiger partial charge >= 0.3 is 0 Å². The van der Waals surface area contributed by atoms with Crippen molar-refractivity contribution in [2.75, 3.05) is 0 Å². The Balaban J connectivity index is 3.23. The Morgan fingerprint density at radius 1 is 1.62 bits per heavy atom. The SMILES string of the molecule is Cc1c(CCl)cnc(C(F)F)c1I. The summed E-state index contributed by atoms with van der Waals surface area (Å²) in [5, 5.41) is 0. The molecule has 0 bridgehead atoms. The number of hydrogen-bond acceptors (Lipinski definition) is 1. The van der Waals surface area contributed by atoms with Crippen molar-refractivity contribution in [1.29, 1.82) is 0 Å². The predicted molar refractivity (Wildman–Crippen MR) is 56.2 cm³/mol. The van der Waals surface area contributed by atoms with Crippen LogP contribution in [0.15, 0.2) is 6.20 Å². The molecule has 0 spiro atoms. The summed E-state index contributed by atoms with van der Waals surface area (Å²) in [5.41, 5.74) is 1.43.